The van der Waals surface area contributed by atoms with E-state index in [0.29, 0.717) is 18.1 Å². The molecule has 1 N–H and O–H groups in total. The molecule has 1 aromatic carbocycles. The van der Waals surface area contributed by atoms with Gasteiger partial charge in [0, 0.05) is 6.42 Å². The lowest BCUT2D eigenvalue weighted by molar-refractivity contribution is -0.140. The number of hydrogen-bond donors (Lipinski definition) is 1. The minimum Gasteiger partial charge on any atom is -0.508 e. The van der Waals surface area contributed by atoms with E-state index in [4.69, 9.17) is 0 Å². The Hall–Kier alpha value is -1.51. The summed E-state index contributed by atoms with van der Waals surface area (Å²) in [6.07, 6.45) is 4.52. The molecular weight excluding hydrogens is 228 g/mol. The van der Waals surface area contributed by atoms with E-state index in [2.05, 4.69) is 11.7 Å². The number of phenolic OH excluding ortho intramolecular Hbond substituents is 1. The predicted molar refractivity (Wildman–Crippen MR) is 71.5 cm³/mol. The molecule has 1 atom stereocenters. The molecule has 0 saturated carbocycles. The Balaban J connectivity index is 2.51. The fourth-order valence-corrected chi connectivity index (χ4v) is 2.15. The van der Waals surface area contributed by atoms with Crippen LogP contribution in [0.25, 0.3) is 0 Å². The third-order valence-corrected chi connectivity index (χ3v) is 3.14. The van der Waals surface area contributed by atoms with Gasteiger partial charge >= 0.3 is 5.97 Å². The van der Waals surface area contributed by atoms with Crippen molar-refractivity contribution < 1.29 is 14.6 Å². The second kappa shape index (κ2) is 7.75. The highest BCUT2D eigenvalue weighted by molar-refractivity contribution is 5.69. The Morgan fingerprint density at radius 1 is 1.28 bits per heavy atom. The van der Waals surface area contributed by atoms with Gasteiger partial charge in [-0.25, -0.2) is 0 Å². The molecule has 0 aliphatic carbocycles. The summed E-state index contributed by atoms with van der Waals surface area (Å²) in [4.78, 5) is 11.2. The topological polar surface area (TPSA) is 46.5 Å². The molecule has 18 heavy (non-hydrogen) atoms. The second-order valence-electron chi connectivity index (χ2n) is 4.64. The minimum atomic E-state index is -0.137. The van der Waals surface area contributed by atoms with E-state index in [0.717, 1.165) is 25.7 Å². The van der Waals surface area contributed by atoms with Crippen LogP contribution in [0.1, 0.15) is 38.2 Å². The van der Waals surface area contributed by atoms with Gasteiger partial charge in [0.15, 0.2) is 0 Å². The van der Waals surface area contributed by atoms with Crippen molar-refractivity contribution in [2.75, 3.05) is 7.11 Å². The molecule has 100 valence electrons. The van der Waals surface area contributed by atoms with Crippen LogP contribution >= 0.6 is 0 Å². The Bertz CT molecular complexity index is 357. The standard InChI is InChI=1S/C15H22O3/c1-3-4-12(7-10-15(17)18-2)11-13-5-8-14(16)9-6-13/h5-6,8-9,12,16H,3-4,7,10-11H2,1-2H3/t12-/m0/s1. The van der Waals surface area contributed by atoms with Crippen molar-refractivity contribution in [1.29, 1.82) is 0 Å². The maximum atomic E-state index is 11.2. The van der Waals surface area contributed by atoms with Crippen LogP contribution in [-0.2, 0) is 16.0 Å². The molecule has 3 heteroatoms. The fourth-order valence-electron chi connectivity index (χ4n) is 2.15. The van der Waals surface area contributed by atoms with Crippen molar-refractivity contribution in [2.45, 2.75) is 39.0 Å². The van der Waals surface area contributed by atoms with Gasteiger partial charge in [-0.1, -0.05) is 31.9 Å². The average Bonchev–Trinajstić information content (AvgIpc) is 2.38. The molecule has 1 rings (SSSR count). The number of carbonyl (C=O) groups excluding carboxylic acids is 1. The summed E-state index contributed by atoms with van der Waals surface area (Å²) in [6, 6.07) is 7.30. The van der Waals surface area contributed by atoms with Crippen molar-refractivity contribution >= 4 is 5.97 Å². The summed E-state index contributed by atoms with van der Waals surface area (Å²) in [6.45, 7) is 2.15. The molecule has 0 bridgehead atoms. The van der Waals surface area contributed by atoms with E-state index >= 15 is 0 Å². The van der Waals surface area contributed by atoms with Crippen molar-refractivity contribution in [3.05, 3.63) is 29.8 Å². The number of phenols is 1. The lowest BCUT2D eigenvalue weighted by Gasteiger charge is -2.15. The first-order valence-electron chi connectivity index (χ1n) is 6.50. The van der Waals surface area contributed by atoms with Crippen LogP contribution in [0.4, 0.5) is 0 Å². The van der Waals surface area contributed by atoms with Gasteiger partial charge in [0.1, 0.15) is 5.75 Å². The van der Waals surface area contributed by atoms with Crippen LogP contribution in [0.3, 0.4) is 0 Å². The van der Waals surface area contributed by atoms with Gasteiger partial charge in [0.25, 0.3) is 0 Å². The molecule has 3 nitrogen and oxygen atoms in total. The molecule has 0 aliphatic rings. The maximum absolute atomic E-state index is 11.2. The first kappa shape index (κ1) is 14.6. The van der Waals surface area contributed by atoms with Gasteiger partial charge in [0.05, 0.1) is 7.11 Å². The number of hydrogen-bond acceptors (Lipinski definition) is 3. The number of rotatable bonds is 7. The molecule has 0 unspecified atom stereocenters. The van der Waals surface area contributed by atoms with Gasteiger partial charge in [-0.05, 0) is 36.5 Å². The van der Waals surface area contributed by atoms with Crippen LogP contribution in [-0.4, -0.2) is 18.2 Å². The summed E-state index contributed by atoms with van der Waals surface area (Å²) in [5.74, 6) is 0.654. The van der Waals surface area contributed by atoms with Crippen LogP contribution in [0.5, 0.6) is 5.75 Å². The van der Waals surface area contributed by atoms with Crippen molar-refractivity contribution in [1.82, 2.24) is 0 Å². The zero-order valence-corrected chi connectivity index (χ0v) is 11.2. The zero-order chi connectivity index (χ0) is 13.4. The normalized spacial score (nSPS) is 12.1. The monoisotopic (exact) mass is 250 g/mol. The van der Waals surface area contributed by atoms with Gasteiger partial charge in [-0.3, -0.25) is 4.79 Å². The molecule has 0 fully saturated rings. The van der Waals surface area contributed by atoms with Gasteiger partial charge in [-0.2, -0.15) is 0 Å². The van der Waals surface area contributed by atoms with Gasteiger partial charge < -0.3 is 9.84 Å². The SMILES string of the molecule is CCC[C@@H](CCC(=O)OC)Cc1ccc(O)cc1. The van der Waals surface area contributed by atoms with E-state index in [1.54, 1.807) is 12.1 Å². The Morgan fingerprint density at radius 3 is 2.50 bits per heavy atom. The molecule has 0 spiro atoms. The van der Waals surface area contributed by atoms with E-state index < -0.39 is 0 Å². The highest BCUT2D eigenvalue weighted by atomic mass is 16.5. The van der Waals surface area contributed by atoms with Crippen LogP contribution in [0.2, 0.25) is 0 Å². The number of ether oxygens (including phenoxy) is 1. The number of esters is 1. The minimum absolute atomic E-state index is 0.137. The summed E-state index contributed by atoms with van der Waals surface area (Å²) >= 11 is 0. The third-order valence-electron chi connectivity index (χ3n) is 3.14. The molecule has 0 aromatic heterocycles. The van der Waals surface area contributed by atoms with Crippen molar-refractivity contribution in [2.24, 2.45) is 5.92 Å². The molecule has 0 amide bonds. The first-order valence-corrected chi connectivity index (χ1v) is 6.50. The molecule has 0 heterocycles. The molecule has 0 aliphatic heterocycles. The van der Waals surface area contributed by atoms with Gasteiger partial charge in [0.2, 0.25) is 0 Å². The lowest BCUT2D eigenvalue weighted by atomic mass is 9.91. The van der Waals surface area contributed by atoms with Crippen LogP contribution < -0.4 is 0 Å². The highest BCUT2D eigenvalue weighted by Gasteiger charge is 2.11. The fraction of sp³-hybridized carbons (Fsp3) is 0.533. The largest absolute Gasteiger partial charge is 0.508 e. The maximum Gasteiger partial charge on any atom is 0.305 e. The molecule has 1 aromatic rings. The second-order valence-corrected chi connectivity index (χ2v) is 4.64. The van der Waals surface area contributed by atoms with Crippen molar-refractivity contribution in [3.8, 4) is 5.75 Å². The van der Waals surface area contributed by atoms with Gasteiger partial charge in [-0.15, -0.1) is 0 Å². The summed E-state index contributed by atoms with van der Waals surface area (Å²) in [7, 11) is 1.43. The summed E-state index contributed by atoms with van der Waals surface area (Å²) in [5, 5.41) is 9.24. The summed E-state index contributed by atoms with van der Waals surface area (Å²) in [5.41, 5.74) is 1.20. The van der Waals surface area contributed by atoms with E-state index in [9.17, 15) is 9.90 Å². The predicted octanol–water partition coefficient (Wildman–Crippen LogP) is 3.30. The smallest absolute Gasteiger partial charge is 0.305 e. The Morgan fingerprint density at radius 2 is 1.94 bits per heavy atom. The lowest BCUT2D eigenvalue weighted by Crippen LogP contribution is -2.09. The third kappa shape index (κ3) is 5.21. The Labute approximate surface area is 109 Å². The van der Waals surface area contributed by atoms with E-state index in [1.165, 1.54) is 12.7 Å². The number of aromatic hydroxyl groups is 1. The molecule has 0 radical (unpaired) electrons. The van der Waals surface area contributed by atoms with E-state index in [-0.39, 0.29) is 5.97 Å². The Kier molecular flexibility index (Phi) is 6.26. The number of carbonyl (C=O) groups is 1. The zero-order valence-electron chi connectivity index (χ0n) is 11.2. The van der Waals surface area contributed by atoms with Crippen molar-refractivity contribution in [3.63, 3.8) is 0 Å². The summed E-state index contributed by atoms with van der Waals surface area (Å²) < 4.78 is 4.67. The average molecular weight is 250 g/mol. The number of benzene rings is 1. The first-order chi connectivity index (χ1) is 8.65. The molecule has 0 saturated heterocycles. The van der Waals surface area contributed by atoms with Crippen LogP contribution in [0.15, 0.2) is 24.3 Å². The van der Waals surface area contributed by atoms with E-state index in [1.807, 2.05) is 12.1 Å². The molecular formula is C15H22O3. The quantitative estimate of drug-likeness (QED) is 0.755. The number of methoxy groups -OCH3 is 1. The van der Waals surface area contributed by atoms with Crippen LogP contribution in [0, 0.1) is 5.92 Å². The highest BCUT2D eigenvalue weighted by Crippen LogP contribution is 2.21.